The number of fused-ring (bicyclic) bond motifs is 1. The fraction of sp³-hybridized carbons (Fsp3) is 0.304. The summed E-state index contributed by atoms with van der Waals surface area (Å²) >= 11 is 16.8. The highest BCUT2D eigenvalue weighted by Crippen LogP contribution is 2.30. The molecule has 0 aliphatic carbocycles. The molecule has 1 saturated heterocycles. The smallest absolute Gasteiger partial charge is 0.396 e. The van der Waals surface area contributed by atoms with E-state index in [1.807, 2.05) is 30.3 Å². The molecule has 2 aliphatic rings. The van der Waals surface area contributed by atoms with E-state index in [4.69, 9.17) is 49.2 Å². The average molecular weight is 557 g/mol. The molecular weight excluding hydrogens is 537 g/mol. The van der Waals surface area contributed by atoms with Crippen molar-refractivity contribution < 1.29 is 33.6 Å². The Morgan fingerprint density at radius 3 is 2.14 bits per heavy atom. The van der Waals surface area contributed by atoms with Crippen molar-refractivity contribution in [3.05, 3.63) is 71.3 Å². The molecule has 1 fully saturated rings. The minimum absolute atomic E-state index is 0.0392. The molecule has 0 aromatic heterocycles. The maximum Gasteiger partial charge on any atom is 0.437 e. The maximum atomic E-state index is 12.7. The molecule has 3 amide bonds. The molecule has 190 valence electrons. The van der Waals surface area contributed by atoms with Gasteiger partial charge in [0, 0.05) is 6.54 Å². The number of amides is 3. The number of benzene rings is 2. The lowest BCUT2D eigenvalue weighted by Gasteiger charge is -2.35. The van der Waals surface area contributed by atoms with Gasteiger partial charge < -0.3 is 14.9 Å². The average Bonchev–Trinajstić information content (AvgIpc) is 3.09. The molecular formula is C23H20Cl3N3O7. The van der Waals surface area contributed by atoms with Crippen molar-refractivity contribution in [2.45, 2.75) is 35.5 Å². The quantitative estimate of drug-likeness (QED) is 0.325. The Kier molecular flexibility index (Phi) is 8.01. The van der Waals surface area contributed by atoms with Gasteiger partial charge in [-0.1, -0.05) is 47.5 Å². The number of ether oxygens (including phenoxy) is 1. The lowest BCUT2D eigenvalue weighted by atomic mass is 10.0. The van der Waals surface area contributed by atoms with Gasteiger partial charge >= 0.3 is 16.0 Å². The van der Waals surface area contributed by atoms with E-state index in [1.54, 1.807) is 12.1 Å². The Morgan fingerprint density at radius 1 is 0.972 bits per heavy atom. The third-order valence-corrected chi connectivity index (χ3v) is 5.77. The number of carbonyl (C=O) groups is 4. The Morgan fingerprint density at radius 2 is 1.58 bits per heavy atom. The van der Waals surface area contributed by atoms with Gasteiger partial charge in [0.2, 0.25) is 0 Å². The molecule has 13 heteroatoms. The summed E-state index contributed by atoms with van der Waals surface area (Å²) in [6.45, 7) is 0.128. The van der Waals surface area contributed by atoms with Crippen LogP contribution >= 0.6 is 34.8 Å². The first-order valence-corrected chi connectivity index (χ1v) is 12.0. The zero-order chi connectivity index (χ0) is 25.9. The fourth-order valence-corrected chi connectivity index (χ4v) is 4.01. The Labute approximate surface area is 220 Å². The zero-order valence-electron chi connectivity index (χ0n) is 18.6. The van der Waals surface area contributed by atoms with E-state index in [9.17, 15) is 19.2 Å². The van der Waals surface area contributed by atoms with E-state index in [0.29, 0.717) is 5.06 Å². The third-order valence-electron chi connectivity index (χ3n) is 5.54. The summed E-state index contributed by atoms with van der Waals surface area (Å²) in [4.78, 5) is 61.0. The van der Waals surface area contributed by atoms with E-state index in [2.05, 4.69) is 5.32 Å². The normalized spacial score (nSPS) is 19.6. The lowest BCUT2D eigenvalue weighted by molar-refractivity contribution is -0.182. The van der Waals surface area contributed by atoms with E-state index in [-0.39, 0.29) is 37.1 Å². The Hall–Kier alpha value is -2.89. The molecule has 0 unspecified atom stereocenters. The van der Waals surface area contributed by atoms with Gasteiger partial charge in [-0.2, -0.15) is 5.06 Å². The van der Waals surface area contributed by atoms with Crippen molar-refractivity contribution in [3.63, 3.8) is 0 Å². The summed E-state index contributed by atoms with van der Waals surface area (Å²) in [5, 5.41) is 4.34. The number of hydrogen-bond donors (Lipinski definition) is 1. The van der Waals surface area contributed by atoms with Gasteiger partial charge in [-0.05, 0) is 65.3 Å². The van der Waals surface area contributed by atoms with Crippen LogP contribution in [0.25, 0.3) is 0 Å². The minimum atomic E-state index is -2.30. The van der Waals surface area contributed by atoms with Gasteiger partial charge in [0.1, 0.15) is 12.6 Å². The first kappa shape index (κ1) is 26.2. The highest BCUT2D eigenvalue weighted by molar-refractivity contribution is 6.66. The summed E-state index contributed by atoms with van der Waals surface area (Å²) in [5.74, 6) is -2.25. The van der Waals surface area contributed by atoms with Crippen molar-refractivity contribution in [2.24, 2.45) is 0 Å². The van der Waals surface area contributed by atoms with Crippen LogP contribution in [0.5, 0.6) is 0 Å². The topological polar surface area (TPSA) is 114 Å². The summed E-state index contributed by atoms with van der Waals surface area (Å²) < 4.78 is 2.52. The van der Waals surface area contributed by atoms with Crippen LogP contribution in [0.15, 0.2) is 54.6 Å². The predicted molar refractivity (Wildman–Crippen MR) is 128 cm³/mol. The number of hydroxylamine groups is 4. The number of piperidine rings is 1. The van der Waals surface area contributed by atoms with Gasteiger partial charge in [0.05, 0.1) is 17.2 Å². The van der Waals surface area contributed by atoms with Gasteiger partial charge in [0.15, 0.2) is 0 Å². The number of halogens is 3. The van der Waals surface area contributed by atoms with Crippen LogP contribution in [-0.4, -0.2) is 56.6 Å². The predicted octanol–water partition coefficient (Wildman–Crippen LogP) is 3.76. The van der Waals surface area contributed by atoms with Gasteiger partial charge in [0.25, 0.3) is 11.8 Å². The van der Waals surface area contributed by atoms with E-state index in [0.717, 1.165) is 10.6 Å². The van der Waals surface area contributed by atoms with Crippen molar-refractivity contribution in [1.82, 2.24) is 15.4 Å². The molecule has 2 aromatic carbocycles. The first-order chi connectivity index (χ1) is 17.1. The summed E-state index contributed by atoms with van der Waals surface area (Å²) in [5.41, 5.74) is 1.10. The molecule has 36 heavy (non-hydrogen) atoms. The number of imide groups is 1. The number of rotatable bonds is 6. The van der Waals surface area contributed by atoms with E-state index >= 15 is 0 Å². The summed E-state index contributed by atoms with van der Waals surface area (Å²) in [6.07, 6.45) is -0.554. The van der Waals surface area contributed by atoms with Crippen LogP contribution < -0.4 is 5.32 Å². The molecule has 0 radical (unpaired) electrons. The van der Waals surface area contributed by atoms with Crippen molar-refractivity contribution in [2.75, 3.05) is 6.54 Å². The van der Waals surface area contributed by atoms with Crippen LogP contribution in [-0.2, 0) is 25.8 Å². The second-order valence-corrected chi connectivity index (χ2v) is 10.1. The van der Waals surface area contributed by atoms with Crippen LogP contribution in [0.3, 0.4) is 0 Å². The summed E-state index contributed by atoms with van der Waals surface area (Å²) in [7, 11) is 0. The van der Waals surface area contributed by atoms with Crippen LogP contribution in [0.4, 0.5) is 4.79 Å². The number of nitrogens with one attached hydrogen (secondary N) is 1. The Balaban J connectivity index is 1.37. The molecule has 0 bridgehead atoms. The molecule has 1 N–H and O–H groups in total. The number of alkyl halides is 3. The van der Waals surface area contributed by atoms with Gasteiger partial charge in [-0.3, -0.25) is 14.4 Å². The van der Waals surface area contributed by atoms with E-state index in [1.165, 1.54) is 12.1 Å². The third kappa shape index (κ3) is 6.08. The van der Waals surface area contributed by atoms with E-state index < -0.39 is 39.9 Å². The standard InChI is InChI=1S/C23H20Cl3N3O7/c24-23(25,26)35-22(33)28(34-13-14-6-2-1-3-7-14)15-10-11-18(27-12-15)21(32)36-29-19(30)16-8-4-5-9-17(16)20(29)31/h1-9,15,18,27H,10-13H2/t15-,18+/m1/s1. The molecule has 2 heterocycles. The van der Waals surface area contributed by atoms with Crippen molar-refractivity contribution in [3.8, 4) is 0 Å². The lowest BCUT2D eigenvalue weighted by Crippen LogP contribution is -2.55. The molecule has 2 aromatic rings. The Bertz CT molecular complexity index is 1120. The molecule has 0 saturated carbocycles. The highest BCUT2D eigenvalue weighted by Gasteiger charge is 2.41. The second kappa shape index (κ2) is 11.0. The van der Waals surface area contributed by atoms with Crippen LogP contribution in [0.1, 0.15) is 39.1 Å². The van der Waals surface area contributed by atoms with Gasteiger partial charge in [-0.15, -0.1) is 0 Å². The highest BCUT2D eigenvalue weighted by atomic mass is 35.6. The van der Waals surface area contributed by atoms with Crippen molar-refractivity contribution in [1.29, 1.82) is 0 Å². The molecule has 2 atom stereocenters. The van der Waals surface area contributed by atoms with Crippen molar-refractivity contribution >= 4 is 58.7 Å². The number of carbonyl (C=O) groups excluding carboxylic acids is 4. The molecule has 10 nitrogen and oxygen atoms in total. The SMILES string of the molecule is O=C(ON1C(=O)c2ccccc2C1=O)[C@@H]1CC[C@@H](N(OCc2ccccc2)C(=O)OC(Cl)(Cl)Cl)CN1. The maximum absolute atomic E-state index is 12.7. The first-order valence-electron chi connectivity index (χ1n) is 10.8. The number of hydrogen-bond acceptors (Lipinski definition) is 8. The molecule has 4 rings (SSSR count). The summed E-state index contributed by atoms with van der Waals surface area (Å²) in [6, 6.07) is 13.8. The van der Waals surface area contributed by atoms with Crippen LogP contribution in [0.2, 0.25) is 0 Å². The number of nitrogens with zero attached hydrogens (tertiary/aromatic N) is 2. The molecule has 0 spiro atoms. The fourth-order valence-electron chi connectivity index (χ4n) is 3.82. The van der Waals surface area contributed by atoms with Gasteiger partial charge in [-0.25, -0.2) is 9.59 Å². The molecule has 2 aliphatic heterocycles. The monoisotopic (exact) mass is 555 g/mol. The second-order valence-electron chi connectivity index (χ2n) is 7.95. The zero-order valence-corrected chi connectivity index (χ0v) is 20.8. The van der Waals surface area contributed by atoms with Crippen LogP contribution in [0, 0.1) is 0 Å². The minimum Gasteiger partial charge on any atom is -0.396 e. The largest absolute Gasteiger partial charge is 0.437 e.